The van der Waals surface area contributed by atoms with Gasteiger partial charge in [-0.1, -0.05) is 0 Å². The molecule has 68 valence electrons. The van der Waals surface area contributed by atoms with Gasteiger partial charge >= 0.3 is 0 Å². The number of rotatable bonds is 0. The Morgan fingerprint density at radius 2 is 2.07 bits per heavy atom. The minimum Gasteiger partial charge on any atom is -0.384 e. The van der Waals surface area contributed by atoms with E-state index in [2.05, 4.69) is 9.97 Å². The summed E-state index contributed by atoms with van der Waals surface area (Å²) in [7, 11) is 0. The molecular weight excluding hydrogens is 178 g/mol. The lowest BCUT2D eigenvalue weighted by molar-refractivity contribution is 1.28. The predicted molar refractivity (Wildman–Crippen MR) is 53.1 cm³/mol. The molecule has 0 aliphatic heterocycles. The molecule has 0 atom stereocenters. The van der Waals surface area contributed by atoms with E-state index in [1.54, 1.807) is 18.3 Å². The average Bonchev–Trinajstić information content (AvgIpc) is 2.19. The smallest absolute Gasteiger partial charge is 0.143 e. The van der Waals surface area contributed by atoms with Gasteiger partial charge in [0.2, 0.25) is 0 Å². The van der Waals surface area contributed by atoms with Crippen molar-refractivity contribution in [3.8, 4) is 6.07 Å². The number of hydrogen-bond donors (Lipinski definition) is 2. The first kappa shape index (κ1) is 8.26. The second kappa shape index (κ2) is 2.85. The minimum absolute atomic E-state index is 0.279. The zero-order chi connectivity index (χ0) is 10.1. The van der Waals surface area contributed by atoms with E-state index in [1.807, 2.05) is 6.07 Å². The van der Waals surface area contributed by atoms with Gasteiger partial charge in [-0.25, -0.2) is 9.97 Å². The Bertz CT molecular complexity index is 541. The van der Waals surface area contributed by atoms with Crippen molar-refractivity contribution in [2.45, 2.75) is 0 Å². The Morgan fingerprint density at radius 1 is 1.29 bits per heavy atom. The fourth-order valence-electron chi connectivity index (χ4n) is 1.25. The fraction of sp³-hybridized carbons (Fsp3) is 0. The molecule has 0 radical (unpaired) electrons. The van der Waals surface area contributed by atoms with Crippen molar-refractivity contribution in [1.29, 1.82) is 5.26 Å². The number of hydrogen-bond acceptors (Lipinski definition) is 5. The number of nitrogens with two attached hydrogens (primary N) is 2. The van der Waals surface area contributed by atoms with E-state index in [-0.39, 0.29) is 5.69 Å². The summed E-state index contributed by atoms with van der Waals surface area (Å²) in [5.41, 5.74) is 11.4. The van der Waals surface area contributed by atoms with Crippen LogP contribution in [-0.2, 0) is 0 Å². The summed E-state index contributed by atoms with van der Waals surface area (Å²) >= 11 is 0. The van der Waals surface area contributed by atoms with Crippen LogP contribution in [0.15, 0.2) is 18.3 Å². The first-order chi connectivity index (χ1) is 6.70. The first-order valence-corrected chi connectivity index (χ1v) is 3.92. The van der Waals surface area contributed by atoms with E-state index < -0.39 is 0 Å². The number of nitrogens with zero attached hydrogens (tertiary/aromatic N) is 3. The van der Waals surface area contributed by atoms with Crippen molar-refractivity contribution >= 4 is 22.4 Å². The Morgan fingerprint density at radius 3 is 2.79 bits per heavy atom. The van der Waals surface area contributed by atoms with Crippen molar-refractivity contribution in [2.75, 3.05) is 11.5 Å². The molecule has 2 rings (SSSR count). The van der Waals surface area contributed by atoms with Gasteiger partial charge in [0, 0.05) is 17.0 Å². The normalized spacial score (nSPS) is 9.93. The molecule has 0 bridgehead atoms. The van der Waals surface area contributed by atoms with Crippen molar-refractivity contribution in [3.05, 3.63) is 24.0 Å². The highest BCUT2D eigenvalue weighted by atomic mass is 14.9. The van der Waals surface area contributed by atoms with E-state index in [4.69, 9.17) is 16.7 Å². The number of fused-ring (bicyclic) bond motifs is 1. The largest absolute Gasteiger partial charge is 0.384 e. The third-order valence-corrected chi connectivity index (χ3v) is 1.88. The van der Waals surface area contributed by atoms with Crippen LogP contribution in [0.25, 0.3) is 10.8 Å². The summed E-state index contributed by atoms with van der Waals surface area (Å²) in [4.78, 5) is 7.80. The van der Waals surface area contributed by atoms with E-state index in [1.165, 1.54) is 0 Å². The van der Waals surface area contributed by atoms with E-state index in [0.717, 1.165) is 10.8 Å². The van der Waals surface area contributed by atoms with Gasteiger partial charge in [-0.15, -0.1) is 0 Å². The summed E-state index contributed by atoms with van der Waals surface area (Å²) in [5.74, 6) is 0.684. The molecule has 0 aliphatic rings. The Balaban J connectivity index is 2.84. The highest BCUT2D eigenvalue weighted by Gasteiger charge is 2.03. The standard InChI is InChI=1S/C9H7N5/c10-3-6-1-5-4-13-8(11)2-7(5)9(12)14-6/h1-2,4H,(H2,11,13)(H2,12,14). The van der Waals surface area contributed by atoms with Gasteiger partial charge in [0.25, 0.3) is 0 Å². The van der Waals surface area contributed by atoms with Crippen LogP contribution in [0.1, 0.15) is 5.69 Å². The lowest BCUT2D eigenvalue weighted by atomic mass is 10.2. The van der Waals surface area contributed by atoms with Crippen LogP contribution >= 0.6 is 0 Å². The van der Waals surface area contributed by atoms with Crippen LogP contribution in [0, 0.1) is 11.3 Å². The molecule has 0 saturated carbocycles. The molecule has 2 aromatic rings. The van der Waals surface area contributed by atoms with Gasteiger partial charge in [0.15, 0.2) is 0 Å². The highest BCUT2D eigenvalue weighted by Crippen LogP contribution is 2.20. The molecule has 0 spiro atoms. The van der Waals surface area contributed by atoms with Crippen LogP contribution < -0.4 is 11.5 Å². The molecule has 0 fully saturated rings. The molecule has 0 aromatic carbocycles. The van der Waals surface area contributed by atoms with E-state index in [0.29, 0.717) is 11.6 Å². The molecule has 5 heteroatoms. The van der Waals surface area contributed by atoms with Crippen LogP contribution in [-0.4, -0.2) is 9.97 Å². The summed E-state index contributed by atoms with van der Waals surface area (Å²) in [6, 6.07) is 5.19. The van der Waals surface area contributed by atoms with Gasteiger partial charge in [0.05, 0.1) is 0 Å². The number of aromatic nitrogens is 2. The zero-order valence-corrected chi connectivity index (χ0v) is 7.23. The van der Waals surface area contributed by atoms with Gasteiger partial charge in [-0.05, 0) is 12.1 Å². The third-order valence-electron chi connectivity index (χ3n) is 1.88. The summed E-state index contributed by atoms with van der Waals surface area (Å²) < 4.78 is 0. The van der Waals surface area contributed by atoms with Gasteiger partial charge in [-0.2, -0.15) is 5.26 Å². The molecule has 0 unspecified atom stereocenters. The molecular formula is C9H7N5. The number of anilines is 2. The van der Waals surface area contributed by atoms with Crippen molar-refractivity contribution in [3.63, 3.8) is 0 Å². The molecule has 5 nitrogen and oxygen atoms in total. The fourth-order valence-corrected chi connectivity index (χ4v) is 1.25. The Hall–Kier alpha value is -2.35. The minimum atomic E-state index is 0.279. The average molecular weight is 185 g/mol. The second-order valence-corrected chi connectivity index (χ2v) is 2.83. The van der Waals surface area contributed by atoms with Crippen LogP contribution in [0.5, 0.6) is 0 Å². The summed E-state index contributed by atoms with van der Waals surface area (Å²) in [6.45, 7) is 0. The quantitative estimate of drug-likeness (QED) is 0.627. The van der Waals surface area contributed by atoms with E-state index in [9.17, 15) is 0 Å². The molecule has 0 amide bonds. The molecule has 0 aliphatic carbocycles. The second-order valence-electron chi connectivity index (χ2n) is 2.83. The molecule has 0 saturated heterocycles. The SMILES string of the molecule is N#Cc1cc2cnc(N)cc2c(N)n1. The molecule has 2 aromatic heterocycles. The number of nitriles is 1. The number of pyridine rings is 2. The molecule has 14 heavy (non-hydrogen) atoms. The number of nitrogen functional groups attached to an aromatic ring is 2. The Kier molecular flexibility index (Phi) is 1.68. The molecule has 2 heterocycles. The van der Waals surface area contributed by atoms with Gasteiger partial charge in [-0.3, -0.25) is 0 Å². The predicted octanol–water partition coefficient (Wildman–Crippen LogP) is 0.666. The zero-order valence-electron chi connectivity index (χ0n) is 7.23. The lowest BCUT2D eigenvalue weighted by Crippen LogP contribution is -1.97. The van der Waals surface area contributed by atoms with Crippen molar-refractivity contribution in [1.82, 2.24) is 9.97 Å². The lowest BCUT2D eigenvalue weighted by Gasteiger charge is -2.01. The first-order valence-electron chi connectivity index (χ1n) is 3.92. The Labute approximate surface area is 80.0 Å². The monoisotopic (exact) mass is 185 g/mol. The van der Waals surface area contributed by atoms with Crippen LogP contribution in [0.4, 0.5) is 11.6 Å². The van der Waals surface area contributed by atoms with E-state index >= 15 is 0 Å². The summed E-state index contributed by atoms with van der Waals surface area (Å²) in [6.07, 6.45) is 1.57. The maximum absolute atomic E-state index is 8.66. The van der Waals surface area contributed by atoms with Crippen LogP contribution in [0.2, 0.25) is 0 Å². The summed E-state index contributed by atoms with van der Waals surface area (Å²) in [5, 5.41) is 10.1. The van der Waals surface area contributed by atoms with Crippen molar-refractivity contribution < 1.29 is 0 Å². The topological polar surface area (TPSA) is 102 Å². The third kappa shape index (κ3) is 1.19. The van der Waals surface area contributed by atoms with Crippen LogP contribution in [0.3, 0.4) is 0 Å². The maximum atomic E-state index is 8.66. The van der Waals surface area contributed by atoms with Gasteiger partial charge < -0.3 is 11.5 Å². The maximum Gasteiger partial charge on any atom is 0.143 e. The molecule has 4 N–H and O–H groups in total. The highest BCUT2D eigenvalue weighted by molar-refractivity contribution is 5.92. The van der Waals surface area contributed by atoms with Gasteiger partial charge in [0.1, 0.15) is 23.4 Å². The van der Waals surface area contributed by atoms with Crippen molar-refractivity contribution in [2.24, 2.45) is 0 Å².